The lowest BCUT2D eigenvalue weighted by molar-refractivity contribution is -0.142. The number of thiazole rings is 1. The Morgan fingerprint density at radius 1 is 1.26 bits per heavy atom. The molecule has 0 spiro atoms. The third-order valence-corrected chi connectivity index (χ3v) is 6.53. The molecule has 1 aromatic carbocycles. The van der Waals surface area contributed by atoms with Gasteiger partial charge in [0.1, 0.15) is 0 Å². The third kappa shape index (κ3) is 3.54. The van der Waals surface area contributed by atoms with Crippen molar-refractivity contribution in [3.63, 3.8) is 0 Å². The van der Waals surface area contributed by atoms with Crippen molar-refractivity contribution < 1.29 is 18.3 Å². The van der Waals surface area contributed by atoms with Crippen LogP contribution in [-0.4, -0.2) is 30.5 Å². The zero-order valence-electron chi connectivity index (χ0n) is 12.4. The van der Waals surface area contributed by atoms with Crippen molar-refractivity contribution in [1.29, 1.82) is 0 Å². The lowest BCUT2D eigenvalue weighted by atomic mass is 9.96. The molecule has 1 aliphatic rings. The molecule has 0 saturated heterocycles. The fourth-order valence-corrected chi connectivity index (χ4v) is 5.14. The summed E-state index contributed by atoms with van der Waals surface area (Å²) in [7, 11) is -3.75. The van der Waals surface area contributed by atoms with E-state index in [1.807, 2.05) is 0 Å². The van der Waals surface area contributed by atoms with E-state index >= 15 is 0 Å². The molecule has 23 heavy (non-hydrogen) atoms. The minimum atomic E-state index is -3.75. The van der Waals surface area contributed by atoms with Gasteiger partial charge in [0, 0.05) is 6.04 Å². The van der Waals surface area contributed by atoms with Crippen LogP contribution < -0.4 is 4.72 Å². The van der Waals surface area contributed by atoms with E-state index in [0.717, 1.165) is 29.5 Å². The van der Waals surface area contributed by atoms with E-state index in [1.54, 1.807) is 17.6 Å². The third-order valence-electron chi connectivity index (χ3n) is 4.25. The van der Waals surface area contributed by atoms with Gasteiger partial charge < -0.3 is 5.11 Å². The van der Waals surface area contributed by atoms with Crippen molar-refractivity contribution in [2.45, 2.75) is 43.0 Å². The van der Waals surface area contributed by atoms with E-state index in [-0.39, 0.29) is 4.90 Å². The highest BCUT2D eigenvalue weighted by molar-refractivity contribution is 7.89. The zero-order valence-corrected chi connectivity index (χ0v) is 14.1. The molecule has 0 bridgehead atoms. The fraction of sp³-hybridized carbons (Fsp3) is 0.467. The quantitative estimate of drug-likeness (QED) is 0.823. The molecule has 8 heteroatoms. The van der Waals surface area contributed by atoms with Gasteiger partial charge in [-0.1, -0.05) is 19.3 Å². The van der Waals surface area contributed by atoms with E-state index < -0.39 is 28.0 Å². The van der Waals surface area contributed by atoms with Gasteiger partial charge in [-0.15, -0.1) is 11.3 Å². The first-order valence-electron chi connectivity index (χ1n) is 7.56. The summed E-state index contributed by atoms with van der Waals surface area (Å²) >= 11 is 1.37. The van der Waals surface area contributed by atoms with Gasteiger partial charge in [-0.3, -0.25) is 4.79 Å². The lowest BCUT2D eigenvalue weighted by Crippen LogP contribution is -2.42. The van der Waals surface area contributed by atoms with Crippen LogP contribution in [-0.2, 0) is 14.8 Å². The number of nitrogens with zero attached hydrogens (tertiary/aromatic N) is 1. The van der Waals surface area contributed by atoms with Crippen LogP contribution in [0, 0.1) is 5.92 Å². The van der Waals surface area contributed by atoms with Gasteiger partial charge in [0.2, 0.25) is 10.0 Å². The molecule has 1 aliphatic carbocycles. The average Bonchev–Trinajstić information content (AvgIpc) is 2.85. The van der Waals surface area contributed by atoms with Crippen LogP contribution in [0.5, 0.6) is 0 Å². The summed E-state index contributed by atoms with van der Waals surface area (Å²) in [6.45, 7) is 0. The number of rotatable bonds is 4. The van der Waals surface area contributed by atoms with Crippen LogP contribution in [0.4, 0.5) is 0 Å². The predicted molar refractivity (Wildman–Crippen MR) is 87.9 cm³/mol. The molecule has 6 nitrogen and oxygen atoms in total. The first-order chi connectivity index (χ1) is 11.0. The van der Waals surface area contributed by atoms with Gasteiger partial charge in [-0.2, -0.15) is 0 Å². The van der Waals surface area contributed by atoms with Gasteiger partial charge in [0.25, 0.3) is 0 Å². The summed E-state index contributed by atoms with van der Waals surface area (Å²) in [6.07, 6.45) is 3.66. The number of carboxylic acids is 1. The number of nitrogens with one attached hydrogen (secondary N) is 1. The first-order valence-corrected chi connectivity index (χ1v) is 9.92. The smallest absolute Gasteiger partial charge is 0.308 e. The normalized spacial score (nSPS) is 22.8. The number of aromatic nitrogens is 1. The van der Waals surface area contributed by atoms with Crippen molar-refractivity contribution in [1.82, 2.24) is 9.71 Å². The fourth-order valence-electron chi connectivity index (χ4n) is 3.01. The standard InChI is InChI=1S/C15H18N2O4S2/c18-15(19)11-4-2-1-3-5-12(11)17-23(20,21)10-6-7-13-14(8-10)22-9-16-13/h6-9,11-12,17H,1-5H2,(H,18,19)/t11-,12+/m1/s1. The van der Waals surface area contributed by atoms with Crippen molar-refractivity contribution in [2.75, 3.05) is 0 Å². The summed E-state index contributed by atoms with van der Waals surface area (Å²) in [5.41, 5.74) is 2.42. The van der Waals surface area contributed by atoms with E-state index in [1.165, 1.54) is 17.4 Å². The second kappa shape index (κ2) is 6.54. The van der Waals surface area contributed by atoms with Gasteiger partial charge >= 0.3 is 5.97 Å². The second-order valence-electron chi connectivity index (χ2n) is 5.79. The molecule has 0 radical (unpaired) electrons. The Bertz CT molecular complexity index is 816. The molecule has 0 aliphatic heterocycles. The average molecular weight is 354 g/mol. The second-order valence-corrected chi connectivity index (χ2v) is 8.39. The SMILES string of the molecule is O=C(O)[C@@H]1CCCCC[C@@H]1NS(=O)(=O)c1ccc2ncsc2c1. The molecular weight excluding hydrogens is 336 g/mol. The number of hydrogen-bond acceptors (Lipinski definition) is 5. The van der Waals surface area contributed by atoms with Crippen molar-refractivity contribution in [3.05, 3.63) is 23.7 Å². The molecule has 2 N–H and O–H groups in total. The zero-order chi connectivity index (χ0) is 16.4. The van der Waals surface area contributed by atoms with Crippen LogP contribution in [0.1, 0.15) is 32.1 Å². The Morgan fingerprint density at radius 3 is 2.83 bits per heavy atom. The Kier molecular flexibility index (Phi) is 4.65. The number of benzene rings is 1. The summed E-state index contributed by atoms with van der Waals surface area (Å²) in [5, 5.41) is 9.37. The molecular formula is C15H18N2O4S2. The topological polar surface area (TPSA) is 96.4 Å². The van der Waals surface area contributed by atoms with Crippen molar-refractivity contribution >= 4 is 37.5 Å². The highest BCUT2D eigenvalue weighted by Gasteiger charge is 2.33. The molecule has 1 fully saturated rings. The van der Waals surface area contributed by atoms with Gasteiger partial charge in [-0.05, 0) is 31.0 Å². The number of sulfonamides is 1. The van der Waals surface area contributed by atoms with Crippen LogP contribution in [0.15, 0.2) is 28.6 Å². The van der Waals surface area contributed by atoms with Crippen LogP contribution in [0.3, 0.4) is 0 Å². The maximum atomic E-state index is 12.6. The van der Waals surface area contributed by atoms with Crippen LogP contribution in [0.25, 0.3) is 10.2 Å². The molecule has 1 heterocycles. The van der Waals surface area contributed by atoms with E-state index in [2.05, 4.69) is 9.71 Å². The Hall–Kier alpha value is -1.51. The van der Waals surface area contributed by atoms with E-state index in [4.69, 9.17) is 0 Å². The largest absolute Gasteiger partial charge is 0.481 e. The van der Waals surface area contributed by atoms with E-state index in [9.17, 15) is 18.3 Å². The van der Waals surface area contributed by atoms with Crippen LogP contribution >= 0.6 is 11.3 Å². The molecule has 1 saturated carbocycles. The molecule has 3 rings (SSSR count). The Morgan fingerprint density at radius 2 is 2.04 bits per heavy atom. The molecule has 0 unspecified atom stereocenters. The monoisotopic (exact) mass is 354 g/mol. The van der Waals surface area contributed by atoms with Crippen molar-refractivity contribution in [3.8, 4) is 0 Å². The molecule has 2 aromatic rings. The van der Waals surface area contributed by atoms with E-state index in [0.29, 0.717) is 12.8 Å². The number of carboxylic acid groups (broad SMARTS) is 1. The van der Waals surface area contributed by atoms with Gasteiger partial charge in [-0.25, -0.2) is 18.1 Å². The maximum absolute atomic E-state index is 12.6. The summed E-state index contributed by atoms with van der Waals surface area (Å²) < 4.78 is 28.7. The maximum Gasteiger partial charge on any atom is 0.308 e. The van der Waals surface area contributed by atoms with Crippen molar-refractivity contribution in [2.24, 2.45) is 5.92 Å². The highest BCUT2D eigenvalue weighted by atomic mass is 32.2. The number of hydrogen-bond donors (Lipinski definition) is 2. The van der Waals surface area contributed by atoms with Crippen LogP contribution in [0.2, 0.25) is 0 Å². The first kappa shape index (κ1) is 16.4. The number of fused-ring (bicyclic) bond motifs is 1. The minimum Gasteiger partial charge on any atom is -0.481 e. The van der Waals surface area contributed by atoms with Gasteiger partial charge in [0.05, 0.1) is 26.5 Å². The summed E-state index contributed by atoms with van der Waals surface area (Å²) in [4.78, 5) is 15.7. The Balaban J connectivity index is 1.87. The lowest BCUT2D eigenvalue weighted by Gasteiger charge is -2.22. The molecule has 1 aromatic heterocycles. The number of carbonyl (C=O) groups is 1. The minimum absolute atomic E-state index is 0.155. The summed E-state index contributed by atoms with van der Waals surface area (Å²) in [5.74, 6) is -1.60. The molecule has 2 atom stereocenters. The number of aliphatic carboxylic acids is 1. The molecule has 0 amide bonds. The van der Waals surface area contributed by atoms with Gasteiger partial charge in [0.15, 0.2) is 0 Å². The summed E-state index contributed by atoms with van der Waals surface area (Å²) in [6, 6.07) is 4.21. The Labute approximate surface area is 138 Å². The predicted octanol–water partition coefficient (Wildman–Crippen LogP) is 2.61. The molecule has 124 valence electrons. The highest BCUT2D eigenvalue weighted by Crippen LogP contribution is 2.26.